The Kier molecular flexibility index (Phi) is 2.21. The minimum atomic E-state index is -0.327. The molecule has 2 heterocycles. The summed E-state index contributed by atoms with van der Waals surface area (Å²) in [5.41, 5.74) is 0.405. The van der Waals surface area contributed by atoms with Crippen LogP contribution in [0.3, 0.4) is 0 Å². The predicted octanol–water partition coefficient (Wildman–Crippen LogP) is 2.06. The van der Waals surface area contributed by atoms with E-state index in [2.05, 4.69) is 0 Å². The first-order valence-corrected chi connectivity index (χ1v) is 5.66. The van der Waals surface area contributed by atoms with Gasteiger partial charge in [0.05, 0.1) is 11.0 Å². The molecule has 3 heteroatoms. The Morgan fingerprint density at radius 1 is 1.12 bits per heavy atom. The third-order valence-corrected chi connectivity index (χ3v) is 3.57. The van der Waals surface area contributed by atoms with Crippen molar-refractivity contribution in [2.75, 3.05) is 19.8 Å². The number of rotatable bonds is 0. The molecule has 0 radical (unpaired) electrons. The normalized spacial score (nSPS) is 22.6. The average molecular weight is 218 g/mol. The van der Waals surface area contributed by atoms with Gasteiger partial charge in [0.25, 0.3) is 0 Å². The number of hydrogen-bond acceptors (Lipinski definition) is 3. The van der Waals surface area contributed by atoms with E-state index in [1.165, 1.54) is 0 Å². The summed E-state index contributed by atoms with van der Waals surface area (Å²) in [5.74, 6) is 0.960. The van der Waals surface area contributed by atoms with Gasteiger partial charge in [-0.15, -0.1) is 0 Å². The minimum absolute atomic E-state index is 0.234. The molecule has 1 aromatic rings. The second kappa shape index (κ2) is 3.59. The van der Waals surface area contributed by atoms with Gasteiger partial charge in [0.1, 0.15) is 12.4 Å². The van der Waals surface area contributed by atoms with Crippen LogP contribution in [0.15, 0.2) is 24.3 Å². The Hall–Kier alpha value is -1.35. The van der Waals surface area contributed by atoms with Crippen molar-refractivity contribution in [2.24, 2.45) is 5.41 Å². The summed E-state index contributed by atoms with van der Waals surface area (Å²) < 4.78 is 11.0. The molecule has 84 valence electrons. The molecule has 1 saturated heterocycles. The lowest BCUT2D eigenvalue weighted by Crippen LogP contribution is -2.44. The first-order valence-electron chi connectivity index (χ1n) is 5.66. The summed E-state index contributed by atoms with van der Waals surface area (Å²) in [5, 5.41) is 0. The van der Waals surface area contributed by atoms with Crippen LogP contribution in [0.1, 0.15) is 23.2 Å². The third-order valence-electron chi connectivity index (χ3n) is 3.57. The van der Waals surface area contributed by atoms with Gasteiger partial charge in [-0.1, -0.05) is 12.1 Å². The van der Waals surface area contributed by atoms with Crippen molar-refractivity contribution in [1.82, 2.24) is 0 Å². The van der Waals surface area contributed by atoms with E-state index in [1.54, 1.807) is 0 Å². The zero-order chi connectivity index (χ0) is 11.0. The highest BCUT2D eigenvalue weighted by Gasteiger charge is 2.44. The zero-order valence-electron chi connectivity index (χ0n) is 9.07. The van der Waals surface area contributed by atoms with Gasteiger partial charge < -0.3 is 9.47 Å². The van der Waals surface area contributed by atoms with Crippen LogP contribution < -0.4 is 4.74 Å². The fraction of sp³-hybridized carbons (Fsp3) is 0.462. The fourth-order valence-electron chi connectivity index (χ4n) is 2.48. The van der Waals surface area contributed by atoms with Crippen molar-refractivity contribution in [2.45, 2.75) is 12.8 Å². The monoisotopic (exact) mass is 218 g/mol. The quantitative estimate of drug-likeness (QED) is 0.668. The minimum Gasteiger partial charge on any atom is -0.492 e. The first-order chi connectivity index (χ1) is 7.82. The molecule has 2 aliphatic rings. The summed E-state index contributed by atoms with van der Waals surface area (Å²) in [4.78, 5) is 12.5. The number of benzene rings is 1. The van der Waals surface area contributed by atoms with Crippen molar-refractivity contribution < 1.29 is 14.3 Å². The zero-order valence-corrected chi connectivity index (χ0v) is 9.07. The van der Waals surface area contributed by atoms with Gasteiger partial charge in [-0.3, -0.25) is 4.79 Å². The molecule has 16 heavy (non-hydrogen) atoms. The number of carbonyl (C=O) groups excluding carboxylic acids is 1. The fourth-order valence-corrected chi connectivity index (χ4v) is 2.48. The van der Waals surface area contributed by atoms with Gasteiger partial charge in [0, 0.05) is 13.2 Å². The summed E-state index contributed by atoms with van der Waals surface area (Å²) in [6.45, 7) is 1.83. The van der Waals surface area contributed by atoms with E-state index in [0.717, 1.165) is 24.2 Å². The van der Waals surface area contributed by atoms with Crippen LogP contribution in [0.25, 0.3) is 0 Å². The third kappa shape index (κ3) is 1.35. The van der Waals surface area contributed by atoms with Gasteiger partial charge in [-0.2, -0.15) is 0 Å². The average Bonchev–Trinajstić information content (AvgIpc) is 2.36. The second-order valence-corrected chi connectivity index (χ2v) is 4.51. The molecule has 3 rings (SSSR count). The smallest absolute Gasteiger partial charge is 0.176 e. The second-order valence-electron chi connectivity index (χ2n) is 4.51. The Bertz CT molecular complexity index is 419. The SMILES string of the molecule is O=C1c2ccccc2OCC12CCOCC2. The van der Waals surface area contributed by atoms with Crippen molar-refractivity contribution in [1.29, 1.82) is 0 Å². The highest BCUT2D eigenvalue weighted by Crippen LogP contribution is 2.40. The first kappa shape index (κ1) is 9.85. The Morgan fingerprint density at radius 3 is 2.69 bits per heavy atom. The molecule has 1 aromatic carbocycles. The van der Waals surface area contributed by atoms with E-state index in [0.29, 0.717) is 19.8 Å². The van der Waals surface area contributed by atoms with Crippen LogP contribution in [-0.2, 0) is 4.74 Å². The molecular weight excluding hydrogens is 204 g/mol. The molecule has 0 atom stereocenters. The molecule has 1 spiro atoms. The number of ether oxygens (including phenoxy) is 2. The molecule has 0 aliphatic carbocycles. The van der Waals surface area contributed by atoms with Gasteiger partial charge in [-0.05, 0) is 25.0 Å². The number of para-hydroxylation sites is 1. The van der Waals surface area contributed by atoms with Gasteiger partial charge in [0.15, 0.2) is 5.78 Å². The van der Waals surface area contributed by atoms with E-state index in [-0.39, 0.29) is 11.2 Å². The maximum Gasteiger partial charge on any atom is 0.176 e. The van der Waals surface area contributed by atoms with E-state index in [4.69, 9.17) is 9.47 Å². The summed E-state index contributed by atoms with van der Waals surface area (Å²) in [7, 11) is 0. The molecule has 0 amide bonds. The van der Waals surface area contributed by atoms with Crippen molar-refractivity contribution in [3.63, 3.8) is 0 Å². The molecule has 0 aromatic heterocycles. The molecule has 2 aliphatic heterocycles. The standard InChI is InChI=1S/C13H14O3/c14-12-10-3-1-2-4-11(10)16-9-13(12)5-7-15-8-6-13/h1-4H,5-9H2. The van der Waals surface area contributed by atoms with E-state index < -0.39 is 0 Å². The highest BCUT2D eigenvalue weighted by atomic mass is 16.5. The summed E-state index contributed by atoms with van der Waals surface area (Å²) >= 11 is 0. The number of ketones is 1. The van der Waals surface area contributed by atoms with Crippen LogP contribution in [-0.4, -0.2) is 25.6 Å². The van der Waals surface area contributed by atoms with Gasteiger partial charge >= 0.3 is 0 Å². The van der Waals surface area contributed by atoms with Crippen LogP contribution in [0.5, 0.6) is 5.75 Å². The molecule has 1 fully saturated rings. The lowest BCUT2D eigenvalue weighted by atomic mass is 9.73. The Balaban J connectivity index is 2.00. The lowest BCUT2D eigenvalue weighted by molar-refractivity contribution is -0.00663. The Morgan fingerprint density at radius 2 is 1.88 bits per heavy atom. The Labute approximate surface area is 94.4 Å². The molecule has 0 unspecified atom stereocenters. The number of fused-ring (bicyclic) bond motifs is 1. The van der Waals surface area contributed by atoms with Crippen LogP contribution >= 0.6 is 0 Å². The maximum atomic E-state index is 12.5. The van der Waals surface area contributed by atoms with Crippen molar-refractivity contribution >= 4 is 5.78 Å². The molecular formula is C13H14O3. The van der Waals surface area contributed by atoms with Crippen molar-refractivity contribution in [3.8, 4) is 5.75 Å². The van der Waals surface area contributed by atoms with Gasteiger partial charge in [-0.25, -0.2) is 0 Å². The van der Waals surface area contributed by atoms with Crippen LogP contribution in [0, 0.1) is 5.41 Å². The summed E-state index contributed by atoms with van der Waals surface area (Å²) in [6.07, 6.45) is 1.56. The highest BCUT2D eigenvalue weighted by molar-refractivity contribution is 6.03. The van der Waals surface area contributed by atoms with E-state index >= 15 is 0 Å². The van der Waals surface area contributed by atoms with Crippen LogP contribution in [0.4, 0.5) is 0 Å². The largest absolute Gasteiger partial charge is 0.492 e. The topological polar surface area (TPSA) is 35.5 Å². The van der Waals surface area contributed by atoms with E-state index in [1.807, 2.05) is 24.3 Å². The summed E-state index contributed by atoms with van der Waals surface area (Å²) in [6, 6.07) is 7.50. The lowest BCUT2D eigenvalue weighted by Gasteiger charge is -2.38. The maximum absolute atomic E-state index is 12.5. The number of hydrogen-bond donors (Lipinski definition) is 0. The van der Waals surface area contributed by atoms with E-state index in [9.17, 15) is 4.79 Å². The molecule has 0 N–H and O–H groups in total. The predicted molar refractivity (Wildman–Crippen MR) is 58.8 cm³/mol. The van der Waals surface area contributed by atoms with Crippen LogP contribution in [0.2, 0.25) is 0 Å². The molecule has 0 saturated carbocycles. The van der Waals surface area contributed by atoms with Crippen molar-refractivity contribution in [3.05, 3.63) is 29.8 Å². The molecule has 0 bridgehead atoms. The molecule has 3 nitrogen and oxygen atoms in total. The number of carbonyl (C=O) groups is 1. The number of Topliss-reactive ketones (excluding diaryl/α,β-unsaturated/α-hetero) is 1. The van der Waals surface area contributed by atoms with Gasteiger partial charge in [0.2, 0.25) is 0 Å².